The molecule has 31 heavy (non-hydrogen) atoms. The van der Waals surface area contributed by atoms with Crippen molar-refractivity contribution < 1.29 is 14.0 Å². The van der Waals surface area contributed by atoms with Gasteiger partial charge in [-0.2, -0.15) is 0 Å². The van der Waals surface area contributed by atoms with E-state index in [0.29, 0.717) is 24.8 Å². The van der Waals surface area contributed by atoms with Crippen LogP contribution < -0.4 is 0 Å². The van der Waals surface area contributed by atoms with Crippen LogP contribution in [0.1, 0.15) is 42.3 Å². The standard InChI is InChI=1S/C24H30N4O3/c1-2-27-13-9-24(22(27)30)18-26(16-19-5-3-10-25-15-19)17-23(24)7-11-28(12-8-23)21(29)20-6-4-14-31-20/h3-6,10,14-15H,2,7-9,11-13,16-18H2,1H3/t24-/m1/s1. The zero-order valence-corrected chi connectivity index (χ0v) is 18.1. The molecule has 3 saturated heterocycles. The minimum atomic E-state index is -0.342. The summed E-state index contributed by atoms with van der Waals surface area (Å²) in [5.74, 6) is 0.658. The number of nitrogens with zero attached hydrogens (tertiary/aromatic N) is 4. The van der Waals surface area contributed by atoms with Gasteiger partial charge in [-0.1, -0.05) is 6.07 Å². The van der Waals surface area contributed by atoms with Gasteiger partial charge >= 0.3 is 0 Å². The van der Waals surface area contributed by atoms with Crippen LogP contribution in [-0.4, -0.2) is 70.8 Å². The number of likely N-dealkylation sites (tertiary alicyclic amines) is 3. The number of aromatic nitrogens is 1. The van der Waals surface area contributed by atoms with Crippen molar-refractivity contribution in [2.75, 3.05) is 39.3 Å². The Morgan fingerprint density at radius 1 is 1.13 bits per heavy atom. The van der Waals surface area contributed by atoms with Gasteiger partial charge in [0.1, 0.15) is 0 Å². The lowest BCUT2D eigenvalue weighted by Gasteiger charge is -2.46. The maximum atomic E-state index is 13.6. The van der Waals surface area contributed by atoms with Gasteiger partial charge in [-0.05, 0) is 49.9 Å². The lowest BCUT2D eigenvalue weighted by molar-refractivity contribution is -0.141. The molecule has 7 heteroatoms. The largest absolute Gasteiger partial charge is 0.459 e. The first kappa shape index (κ1) is 20.2. The molecule has 3 aliphatic rings. The van der Waals surface area contributed by atoms with Crippen molar-refractivity contribution in [2.24, 2.45) is 10.8 Å². The maximum Gasteiger partial charge on any atom is 0.289 e. The van der Waals surface area contributed by atoms with Gasteiger partial charge in [-0.3, -0.25) is 19.5 Å². The molecule has 3 aliphatic heterocycles. The van der Waals surface area contributed by atoms with Gasteiger partial charge < -0.3 is 14.2 Å². The minimum Gasteiger partial charge on any atom is -0.459 e. The van der Waals surface area contributed by atoms with E-state index >= 15 is 0 Å². The monoisotopic (exact) mass is 422 g/mol. The number of carbonyl (C=O) groups is 2. The number of fused-ring (bicyclic) bond motifs is 1. The minimum absolute atomic E-state index is 0.0490. The molecule has 5 rings (SSSR count). The highest BCUT2D eigenvalue weighted by Crippen LogP contribution is 2.58. The summed E-state index contributed by atoms with van der Waals surface area (Å²) in [5.41, 5.74) is 0.749. The van der Waals surface area contributed by atoms with Crippen molar-refractivity contribution in [1.82, 2.24) is 19.7 Å². The van der Waals surface area contributed by atoms with Gasteiger partial charge in [-0.15, -0.1) is 0 Å². The Hall–Kier alpha value is -2.67. The first-order chi connectivity index (χ1) is 15.1. The van der Waals surface area contributed by atoms with Crippen LogP contribution in [0.5, 0.6) is 0 Å². The Balaban J connectivity index is 1.39. The molecule has 0 saturated carbocycles. The quantitative estimate of drug-likeness (QED) is 0.758. The fourth-order valence-electron chi connectivity index (χ4n) is 6.15. The van der Waals surface area contributed by atoms with E-state index in [2.05, 4.69) is 22.9 Å². The van der Waals surface area contributed by atoms with E-state index < -0.39 is 0 Å². The van der Waals surface area contributed by atoms with E-state index in [1.165, 1.54) is 11.8 Å². The zero-order chi connectivity index (χ0) is 21.5. The number of carbonyl (C=O) groups excluding carboxylic acids is 2. The number of pyridine rings is 1. The smallest absolute Gasteiger partial charge is 0.289 e. The van der Waals surface area contributed by atoms with Crippen LogP contribution >= 0.6 is 0 Å². The highest BCUT2D eigenvalue weighted by atomic mass is 16.3. The topological polar surface area (TPSA) is 69.9 Å². The Morgan fingerprint density at radius 2 is 1.97 bits per heavy atom. The van der Waals surface area contributed by atoms with Crippen molar-refractivity contribution in [3.8, 4) is 0 Å². The van der Waals surface area contributed by atoms with Crippen LogP contribution in [-0.2, 0) is 11.3 Å². The van der Waals surface area contributed by atoms with Crippen molar-refractivity contribution >= 4 is 11.8 Å². The number of rotatable bonds is 4. The van der Waals surface area contributed by atoms with Crippen LogP contribution in [0.2, 0.25) is 0 Å². The second-order valence-corrected chi connectivity index (χ2v) is 9.27. The zero-order valence-electron chi connectivity index (χ0n) is 18.1. The molecular formula is C24H30N4O3. The first-order valence-electron chi connectivity index (χ1n) is 11.3. The summed E-state index contributed by atoms with van der Waals surface area (Å²) in [6.07, 6.45) is 7.87. The van der Waals surface area contributed by atoms with E-state index in [1.54, 1.807) is 18.3 Å². The lowest BCUT2D eigenvalue weighted by Crippen LogP contribution is -2.53. The molecule has 3 fully saturated rings. The second-order valence-electron chi connectivity index (χ2n) is 9.27. The molecule has 0 aliphatic carbocycles. The molecule has 2 amide bonds. The van der Waals surface area contributed by atoms with Gasteiger partial charge in [0.15, 0.2) is 5.76 Å². The average molecular weight is 423 g/mol. The Labute approximate surface area is 183 Å². The predicted molar refractivity (Wildman–Crippen MR) is 115 cm³/mol. The van der Waals surface area contributed by atoms with E-state index in [-0.39, 0.29) is 16.7 Å². The van der Waals surface area contributed by atoms with Crippen LogP contribution in [0.15, 0.2) is 47.3 Å². The molecular weight excluding hydrogens is 392 g/mol. The summed E-state index contributed by atoms with van der Waals surface area (Å²) in [6, 6.07) is 7.54. The van der Waals surface area contributed by atoms with E-state index in [9.17, 15) is 9.59 Å². The number of amides is 2. The highest BCUT2D eigenvalue weighted by Gasteiger charge is 2.64. The van der Waals surface area contributed by atoms with Crippen LogP contribution in [0.3, 0.4) is 0 Å². The van der Waals surface area contributed by atoms with Gasteiger partial charge in [0.2, 0.25) is 5.91 Å². The molecule has 2 aromatic heterocycles. The van der Waals surface area contributed by atoms with Crippen molar-refractivity contribution in [2.45, 2.75) is 32.7 Å². The molecule has 0 N–H and O–H groups in total. The van der Waals surface area contributed by atoms with E-state index in [0.717, 1.165) is 52.0 Å². The molecule has 2 spiro atoms. The fraction of sp³-hybridized carbons (Fsp3) is 0.542. The maximum absolute atomic E-state index is 13.6. The van der Waals surface area contributed by atoms with Crippen LogP contribution in [0.4, 0.5) is 0 Å². The summed E-state index contributed by atoms with van der Waals surface area (Å²) < 4.78 is 5.32. The third-order valence-electron chi connectivity index (χ3n) is 7.79. The number of hydrogen-bond acceptors (Lipinski definition) is 5. The molecule has 0 unspecified atom stereocenters. The fourth-order valence-corrected chi connectivity index (χ4v) is 6.15. The van der Waals surface area contributed by atoms with Gasteiger partial charge in [0.05, 0.1) is 11.7 Å². The summed E-state index contributed by atoms with van der Waals surface area (Å²) in [6.45, 7) is 7.51. The third-order valence-corrected chi connectivity index (χ3v) is 7.79. The Kier molecular flexibility index (Phi) is 5.08. The Morgan fingerprint density at radius 3 is 2.61 bits per heavy atom. The van der Waals surface area contributed by atoms with Gasteiger partial charge in [-0.25, -0.2) is 0 Å². The van der Waals surface area contributed by atoms with Crippen molar-refractivity contribution in [3.05, 3.63) is 54.2 Å². The summed E-state index contributed by atoms with van der Waals surface area (Å²) in [5, 5.41) is 0. The van der Waals surface area contributed by atoms with E-state index in [4.69, 9.17) is 4.42 Å². The molecule has 164 valence electrons. The number of piperidine rings is 1. The normalized spacial score (nSPS) is 25.8. The first-order valence-corrected chi connectivity index (χ1v) is 11.3. The lowest BCUT2D eigenvalue weighted by atomic mass is 9.60. The molecule has 0 aromatic carbocycles. The SMILES string of the molecule is CCN1CC[C@@]2(CN(Cc3cccnc3)CC23CCN(C(=O)c2ccco2)CC3)C1=O. The molecule has 0 radical (unpaired) electrons. The van der Waals surface area contributed by atoms with Crippen molar-refractivity contribution in [1.29, 1.82) is 0 Å². The predicted octanol–water partition coefficient (Wildman–Crippen LogP) is 2.65. The van der Waals surface area contributed by atoms with Gasteiger partial charge in [0, 0.05) is 63.6 Å². The summed E-state index contributed by atoms with van der Waals surface area (Å²) in [4.78, 5) is 37.0. The number of furan rings is 1. The van der Waals surface area contributed by atoms with Crippen LogP contribution in [0, 0.1) is 10.8 Å². The molecule has 5 heterocycles. The average Bonchev–Trinajstić information content (AvgIpc) is 3.50. The molecule has 1 atom stereocenters. The molecule has 0 bridgehead atoms. The van der Waals surface area contributed by atoms with E-state index in [1.807, 2.05) is 22.1 Å². The summed E-state index contributed by atoms with van der Waals surface area (Å²) in [7, 11) is 0. The molecule has 2 aromatic rings. The number of hydrogen-bond donors (Lipinski definition) is 0. The van der Waals surface area contributed by atoms with Gasteiger partial charge in [0.25, 0.3) is 5.91 Å². The highest BCUT2D eigenvalue weighted by molar-refractivity contribution is 5.91. The molecule has 7 nitrogen and oxygen atoms in total. The Bertz CT molecular complexity index is 937. The van der Waals surface area contributed by atoms with Crippen LogP contribution in [0.25, 0.3) is 0 Å². The third kappa shape index (κ3) is 3.26. The second kappa shape index (κ2) is 7.79. The summed E-state index contributed by atoms with van der Waals surface area (Å²) >= 11 is 0. The van der Waals surface area contributed by atoms with Crippen molar-refractivity contribution in [3.63, 3.8) is 0 Å².